The number of amides is 1. The van der Waals surface area contributed by atoms with Gasteiger partial charge < -0.3 is 19.5 Å². The highest BCUT2D eigenvalue weighted by Crippen LogP contribution is 2.13. The van der Waals surface area contributed by atoms with Crippen LogP contribution in [0.3, 0.4) is 0 Å². The van der Waals surface area contributed by atoms with Gasteiger partial charge in [-0.2, -0.15) is 0 Å². The predicted molar refractivity (Wildman–Crippen MR) is 83.7 cm³/mol. The van der Waals surface area contributed by atoms with E-state index in [-0.39, 0.29) is 5.91 Å². The Labute approximate surface area is 129 Å². The zero-order chi connectivity index (χ0) is 15.4. The highest BCUT2D eigenvalue weighted by molar-refractivity contribution is 5.94. The third-order valence-electron chi connectivity index (χ3n) is 3.82. The molecule has 3 heterocycles. The molecule has 6 heteroatoms. The first kappa shape index (κ1) is 14.6. The van der Waals surface area contributed by atoms with Crippen LogP contribution in [0.4, 0.5) is 5.69 Å². The van der Waals surface area contributed by atoms with E-state index in [4.69, 9.17) is 4.42 Å². The molecule has 3 rings (SSSR count). The maximum atomic E-state index is 12.5. The van der Waals surface area contributed by atoms with Gasteiger partial charge in [-0.1, -0.05) is 0 Å². The summed E-state index contributed by atoms with van der Waals surface area (Å²) in [6.07, 6.45) is 4.98. The Morgan fingerprint density at radius 1 is 1.32 bits per heavy atom. The highest BCUT2D eigenvalue weighted by atomic mass is 16.3. The summed E-state index contributed by atoms with van der Waals surface area (Å²) < 4.78 is 5.28. The lowest BCUT2D eigenvalue weighted by atomic mass is 10.2. The molecule has 2 aromatic heterocycles. The van der Waals surface area contributed by atoms with Crippen molar-refractivity contribution in [2.45, 2.75) is 6.54 Å². The van der Waals surface area contributed by atoms with Gasteiger partial charge in [-0.3, -0.25) is 9.78 Å². The number of piperazine rings is 1. The van der Waals surface area contributed by atoms with E-state index in [0.717, 1.165) is 37.6 Å². The number of hydrogen-bond donors (Lipinski definition) is 1. The Kier molecular flexibility index (Phi) is 4.39. The van der Waals surface area contributed by atoms with Crippen LogP contribution in [0.1, 0.15) is 16.1 Å². The molecule has 0 saturated carbocycles. The molecule has 2 aromatic rings. The number of nitrogens with zero attached hydrogens (tertiary/aromatic N) is 3. The normalized spacial score (nSPS) is 15.8. The van der Waals surface area contributed by atoms with Crippen LogP contribution in [0.25, 0.3) is 0 Å². The van der Waals surface area contributed by atoms with Crippen LogP contribution in [0.5, 0.6) is 0 Å². The van der Waals surface area contributed by atoms with Crippen molar-refractivity contribution >= 4 is 11.6 Å². The van der Waals surface area contributed by atoms with Crippen molar-refractivity contribution in [2.24, 2.45) is 0 Å². The van der Waals surface area contributed by atoms with Crippen LogP contribution >= 0.6 is 0 Å². The lowest BCUT2D eigenvalue weighted by Crippen LogP contribution is -2.47. The number of furan rings is 1. The number of carbonyl (C=O) groups excluding carboxylic acids is 1. The molecule has 116 valence electrons. The van der Waals surface area contributed by atoms with E-state index in [0.29, 0.717) is 12.1 Å². The fourth-order valence-electron chi connectivity index (χ4n) is 2.45. The molecule has 1 fully saturated rings. The molecule has 1 amide bonds. The van der Waals surface area contributed by atoms with Gasteiger partial charge >= 0.3 is 0 Å². The quantitative estimate of drug-likeness (QED) is 0.931. The second-order valence-corrected chi connectivity index (χ2v) is 5.49. The van der Waals surface area contributed by atoms with Crippen molar-refractivity contribution < 1.29 is 9.21 Å². The number of rotatable bonds is 4. The average Bonchev–Trinajstić information content (AvgIpc) is 3.07. The van der Waals surface area contributed by atoms with Crippen LogP contribution in [-0.2, 0) is 6.54 Å². The van der Waals surface area contributed by atoms with Crippen molar-refractivity contribution in [3.8, 4) is 0 Å². The van der Waals surface area contributed by atoms with Crippen molar-refractivity contribution in [3.05, 3.63) is 48.2 Å². The largest absolute Gasteiger partial charge is 0.467 e. The predicted octanol–water partition coefficient (Wildman–Crippen LogP) is 1.67. The van der Waals surface area contributed by atoms with Gasteiger partial charge in [0.15, 0.2) is 0 Å². The summed E-state index contributed by atoms with van der Waals surface area (Å²) in [5.41, 5.74) is 1.44. The summed E-state index contributed by atoms with van der Waals surface area (Å²) in [5.74, 6) is 0.887. The zero-order valence-corrected chi connectivity index (χ0v) is 12.7. The van der Waals surface area contributed by atoms with Gasteiger partial charge in [-0.15, -0.1) is 0 Å². The molecule has 1 N–H and O–H groups in total. The summed E-state index contributed by atoms with van der Waals surface area (Å²) in [7, 11) is 2.07. The highest BCUT2D eigenvalue weighted by Gasteiger charge is 2.20. The molecule has 0 aromatic carbocycles. The van der Waals surface area contributed by atoms with E-state index in [1.807, 2.05) is 23.1 Å². The van der Waals surface area contributed by atoms with Crippen molar-refractivity contribution in [2.75, 3.05) is 38.5 Å². The van der Waals surface area contributed by atoms with Gasteiger partial charge in [-0.05, 0) is 25.2 Å². The number of carbonyl (C=O) groups is 1. The minimum absolute atomic E-state index is 0.0437. The Hall–Kier alpha value is -2.34. The third kappa shape index (κ3) is 3.46. The molecule has 6 nitrogen and oxygen atoms in total. The first-order valence-electron chi connectivity index (χ1n) is 7.41. The average molecular weight is 300 g/mol. The number of nitrogens with one attached hydrogen (secondary N) is 1. The summed E-state index contributed by atoms with van der Waals surface area (Å²) in [6, 6.07) is 5.60. The zero-order valence-electron chi connectivity index (χ0n) is 12.7. The molecule has 0 radical (unpaired) electrons. The smallest absolute Gasteiger partial charge is 0.255 e. The van der Waals surface area contributed by atoms with Gasteiger partial charge in [0.2, 0.25) is 0 Å². The molecule has 1 aliphatic rings. The summed E-state index contributed by atoms with van der Waals surface area (Å²) >= 11 is 0. The summed E-state index contributed by atoms with van der Waals surface area (Å²) in [4.78, 5) is 20.8. The van der Waals surface area contributed by atoms with Crippen molar-refractivity contribution in [3.63, 3.8) is 0 Å². The van der Waals surface area contributed by atoms with E-state index in [9.17, 15) is 4.79 Å². The van der Waals surface area contributed by atoms with E-state index in [1.165, 1.54) is 0 Å². The van der Waals surface area contributed by atoms with Gasteiger partial charge in [0.05, 0.1) is 24.1 Å². The Morgan fingerprint density at radius 3 is 2.86 bits per heavy atom. The first-order valence-corrected chi connectivity index (χ1v) is 7.41. The number of aromatic nitrogens is 1. The number of pyridine rings is 1. The van der Waals surface area contributed by atoms with Crippen LogP contribution in [-0.4, -0.2) is 53.9 Å². The second-order valence-electron chi connectivity index (χ2n) is 5.49. The molecular formula is C16H20N4O2. The molecule has 0 spiro atoms. The SMILES string of the molecule is CN1CCN(C(=O)c2cncc(NCc3ccco3)c2)CC1. The Balaban J connectivity index is 1.64. The van der Waals surface area contributed by atoms with Crippen molar-refractivity contribution in [1.82, 2.24) is 14.8 Å². The van der Waals surface area contributed by atoms with Crippen LogP contribution in [0.15, 0.2) is 41.3 Å². The van der Waals surface area contributed by atoms with E-state index >= 15 is 0 Å². The molecule has 1 saturated heterocycles. The van der Waals surface area contributed by atoms with Gasteiger partial charge in [0.1, 0.15) is 5.76 Å². The Morgan fingerprint density at radius 2 is 2.14 bits per heavy atom. The van der Waals surface area contributed by atoms with Crippen LogP contribution in [0.2, 0.25) is 0 Å². The summed E-state index contributed by atoms with van der Waals surface area (Å²) in [5, 5.41) is 3.22. The van der Waals surface area contributed by atoms with E-state index in [2.05, 4.69) is 22.2 Å². The number of anilines is 1. The van der Waals surface area contributed by atoms with Gasteiger partial charge in [0, 0.05) is 38.6 Å². The van der Waals surface area contributed by atoms with Crippen LogP contribution < -0.4 is 5.32 Å². The minimum atomic E-state index is 0.0437. The third-order valence-corrected chi connectivity index (χ3v) is 3.82. The van der Waals surface area contributed by atoms with Crippen LogP contribution in [0, 0.1) is 0 Å². The standard InChI is InChI=1S/C16H20N4O2/c1-19-4-6-20(7-5-19)16(21)13-9-14(11-17-10-13)18-12-15-3-2-8-22-15/h2-3,8-11,18H,4-7,12H2,1H3. The molecular weight excluding hydrogens is 280 g/mol. The van der Waals surface area contributed by atoms with E-state index in [1.54, 1.807) is 18.7 Å². The maximum absolute atomic E-state index is 12.5. The second kappa shape index (κ2) is 6.62. The number of hydrogen-bond acceptors (Lipinski definition) is 5. The molecule has 0 bridgehead atoms. The van der Waals surface area contributed by atoms with Gasteiger partial charge in [0.25, 0.3) is 5.91 Å². The topological polar surface area (TPSA) is 61.6 Å². The van der Waals surface area contributed by atoms with Gasteiger partial charge in [-0.25, -0.2) is 0 Å². The monoisotopic (exact) mass is 300 g/mol. The minimum Gasteiger partial charge on any atom is -0.467 e. The lowest BCUT2D eigenvalue weighted by Gasteiger charge is -2.32. The fourth-order valence-corrected chi connectivity index (χ4v) is 2.45. The first-order chi connectivity index (χ1) is 10.7. The Bertz CT molecular complexity index is 619. The summed E-state index contributed by atoms with van der Waals surface area (Å²) in [6.45, 7) is 3.92. The van der Waals surface area contributed by atoms with E-state index < -0.39 is 0 Å². The molecule has 1 aliphatic heterocycles. The maximum Gasteiger partial charge on any atom is 0.255 e. The molecule has 0 atom stereocenters. The molecule has 22 heavy (non-hydrogen) atoms. The molecule has 0 aliphatic carbocycles. The lowest BCUT2D eigenvalue weighted by molar-refractivity contribution is 0.0663. The number of likely N-dealkylation sites (N-methyl/N-ethyl adjacent to an activating group) is 1. The van der Waals surface area contributed by atoms with Crippen molar-refractivity contribution in [1.29, 1.82) is 0 Å². The molecule has 0 unspecified atom stereocenters. The fraction of sp³-hybridized carbons (Fsp3) is 0.375.